The first-order valence-corrected chi connectivity index (χ1v) is 9.02. The highest BCUT2D eigenvalue weighted by molar-refractivity contribution is 7.41. The van der Waals surface area contributed by atoms with Crippen molar-refractivity contribution in [2.75, 3.05) is 20.6 Å². The number of rotatable bonds is 6. The Morgan fingerprint density at radius 3 is 2.60 bits per heavy atom. The van der Waals surface area contributed by atoms with Crippen molar-refractivity contribution in [3.63, 3.8) is 0 Å². The minimum Gasteiger partial charge on any atom is -0.361 e. The van der Waals surface area contributed by atoms with Crippen LogP contribution in [0, 0.1) is 11.2 Å². The number of halogens is 1. The average molecular weight is 358 g/mol. The third kappa shape index (κ3) is 3.67. The van der Waals surface area contributed by atoms with Crippen LogP contribution in [0.15, 0.2) is 42.5 Å². The van der Waals surface area contributed by atoms with E-state index >= 15 is 0 Å². The van der Waals surface area contributed by atoms with Crippen LogP contribution in [0.1, 0.15) is 35.1 Å². The smallest absolute Gasteiger partial charge is 0.123 e. The van der Waals surface area contributed by atoms with Crippen LogP contribution >= 0.6 is 9.24 Å². The van der Waals surface area contributed by atoms with Crippen LogP contribution in [-0.2, 0) is 16.9 Å². The van der Waals surface area contributed by atoms with E-state index in [0.29, 0.717) is 12.1 Å². The van der Waals surface area contributed by atoms with Gasteiger partial charge in [-0.15, -0.1) is 0 Å². The molecular formula is C20H24FN2OP. The van der Waals surface area contributed by atoms with E-state index in [9.17, 15) is 4.39 Å². The Morgan fingerprint density at radius 1 is 1.24 bits per heavy atom. The van der Waals surface area contributed by atoms with Crippen LogP contribution in [-0.4, -0.2) is 31.0 Å². The number of nitrogens with zero attached hydrogens (tertiary/aromatic N) is 1. The maximum Gasteiger partial charge on any atom is 0.123 e. The minimum absolute atomic E-state index is 0.239. The van der Waals surface area contributed by atoms with Gasteiger partial charge in [-0.05, 0) is 73.9 Å². The molecule has 0 bridgehead atoms. The van der Waals surface area contributed by atoms with Crippen LogP contribution in [0.5, 0.6) is 0 Å². The van der Waals surface area contributed by atoms with Crippen molar-refractivity contribution in [1.82, 2.24) is 4.90 Å². The molecule has 25 heavy (non-hydrogen) atoms. The fraction of sp³-hybridized carbons (Fsp3) is 0.350. The molecule has 5 heteroatoms. The average Bonchev–Trinajstić information content (AvgIpc) is 2.94. The second kappa shape index (κ2) is 7.33. The molecule has 132 valence electrons. The highest BCUT2D eigenvalue weighted by atomic mass is 31.0. The summed E-state index contributed by atoms with van der Waals surface area (Å²) in [6.45, 7) is 1.48. The Balaban J connectivity index is 2.02. The number of fused-ring (bicyclic) bond motifs is 1. The Hall–Kier alpha value is -1.61. The Kier molecular flexibility index (Phi) is 5.33. The molecule has 1 N–H and O–H groups in total. The van der Waals surface area contributed by atoms with E-state index in [1.807, 2.05) is 24.3 Å². The first-order chi connectivity index (χ1) is 11.9. The van der Waals surface area contributed by atoms with Gasteiger partial charge in [-0.1, -0.05) is 33.5 Å². The van der Waals surface area contributed by atoms with Gasteiger partial charge in [0.05, 0.1) is 12.1 Å². The Bertz CT molecular complexity index is 776. The zero-order chi connectivity index (χ0) is 18.0. The molecule has 2 aromatic rings. The van der Waals surface area contributed by atoms with E-state index in [1.54, 1.807) is 0 Å². The van der Waals surface area contributed by atoms with Crippen LogP contribution in [0.2, 0.25) is 0 Å². The van der Waals surface area contributed by atoms with E-state index in [4.69, 9.17) is 10.1 Å². The highest BCUT2D eigenvalue weighted by Gasteiger charge is 2.41. The number of ether oxygens (including phenoxy) is 1. The fourth-order valence-corrected chi connectivity index (χ4v) is 3.69. The molecule has 2 aromatic carbocycles. The lowest BCUT2D eigenvalue weighted by atomic mass is 9.81. The van der Waals surface area contributed by atoms with Crippen LogP contribution < -0.4 is 0 Å². The van der Waals surface area contributed by atoms with Gasteiger partial charge in [0.25, 0.3) is 0 Å². The lowest BCUT2D eigenvalue weighted by molar-refractivity contribution is -0.0140. The number of nitrogens with one attached hydrogen (secondary N) is 1. The molecule has 3 nitrogen and oxygen atoms in total. The van der Waals surface area contributed by atoms with E-state index in [2.05, 4.69) is 34.3 Å². The standard InChI is InChI=1S/C20H24FN2OP/c1-23(2)11-3-10-20(16-5-7-17(21)8-6-16)18-9-4-14(19(22)25)12-15(18)13-24-20/h4-9,12,22H,3,10-11,13,25H2,1-2H3. The lowest BCUT2D eigenvalue weighted by Gasteiger charge is -2.31. The summed E-state index contributed by atoms with van der Waals surface area (Å²) in [4.78, 5) is 2.16. The van der Waals surface area contributed by atoms with Gasteiger partial charge in [0.2, 0.25) is 0 Å². The summed E-state index contributed by atoms with van der Waals surface area (Å²) in [5.41, 5.74) is 4.04. The maximum absolute atomic E-state index is 13.4. The van der Waals surface area contributed by atoms with Crippen LogP contribution in [0.4, 0.5) is 4.39 Å². The second-order valence-corrected chi connectivity index (χ2v) is 7.39. The first-order valence-electron chi connectivity index (χ1n) is 8.45. The molecular weight excluding hydrogens is 334 g/mol. The number of hydrogen-bond acceptors (Lipinski definition) is 3. The summed E-state index contributed by atoms with van der Waals surface area (Å²) < 4.78 is 19.8. The van der Waals surface area contributed by atoms with Crippen LogP contribution in [0.3, 0.4) is 0 Å². The maximum atomic E-state index is 13.4. The van der Waals surface area contributed by atoms with Crippen LogP contribution in [0.25, 0.3) is 0 Å². The molecule has 0 aromatic heterocycles. The quantitative estimate of drug-likeness (QED) is 0.622. The number of benzene rings is 2. The molecule has 0 fully saturated rings. The molecule has 0 spiro atoms. The summed E-state index contributed by atoms with van der Waals surface area (Å²) in [5, 5.41) is 7.82. The van der Waals surface area contributed by atoms with Crippen molar-refractivity contribution in [3.05, 3.63) is 70.5 Å². The van der Waals surface area contributed by atoms with E-state index in [-0.39, 0.29) is 5.82 Å². The van der Waals surface area contributed by atoms with Gasteiger partial charge in [-0.2, -0.15) is 0 Å². The van der Waals surface area contributed by atoms with Crippen molar-refractivity contribution >= 4 is 14.7 Å². The van der Waals surface area contributed by atoms with Gasteiger partial charge >= 0.3 is 0 Å². The van der Waals surface area contributed by atoms with Crippen molar-refractivity contribution in [2.45, 2.75) is 25.0 Å². The molecule has 2 atom stereocenters. The van der Waals surface area contributed by atoms with Gasteiger partial charge < -0.3 is 15.0 Å². The summed E-state index contributed by atoms with van der Waals surface area (Å²) in [6, 6.07) is 12.7. The predicted octanol–water partition coefficient (Wildman–Crippen LogP) is 4.14. The van der Waals surface area contributed by atoms with Gasteiger partial charge in [0.15, 0.2) is 0 Å². The van der Waals surface area contributed by atoms with Crippen molar-refractivity contribution in [3.8, 4) is 0 Å². The Labute approximate surface area is 150 Å². The molecule has 2 unspecified atom stereocenters. The van der Waals surface area contributed by atoms with E-state index < -0.39 is 5.60 Å². The van der Waals surface area contributed by atoms with Gasteiger partial charge in [0, 0.05) is 0 Å². The molecule has 1 aliphatic rings. The SMILES string of the molecule is CN(C)CCCC1(c2ccc(F)cc2)OCc2cc(C(=N)P)ccc21. The summed E-state index contributed by atoms with van der Waals surface area (Å²) in [5.74, 6) is -0.239. The second-order valence-electron chi connectivity index (χ2n) is 6.82. The largest absolute Gasteiger partial charge is 0.361 e. The first kappa shape index (κ1) is 18.2. The molecule has 0 radical (unpaired) electrons. The highest BCUT2D eigenvalue weighted by Crippen LogP contribution is 2.45. The topological polar surface area (TPSA) is 36.3 Å². The zero-order valence-electron chi connectivity index (χ0n) is 14.7. The molecule has 0 amide bonds. The zero-order valence-corrected chi connectivity index (χ0v) is 15.8. The lowest BCUT2D eigenvalue weighted by Crippen LogP contribution is -2.28. The molecule has 1 aliphatic heterocycles. The third-order valence-electron chi connectivity index (χ3n) is 4.77. The minimum atomic E-state index is -0.541. The molecule has 3 rings (SSSR count). The molecule has 0 saturated heterocycles. The van der Waals surface area contributed by atoms with Crippen molar-refractivity contribution in [2.24, 2.45) is 0 Å². The number of hydrogen-bond donors (Lipinski definition) is 1. The molecule has 0 aliphatic carbocycles. The van der Waals surface area contributed by atoms with Gasteiger partial charge in [-0.25, -0.2) is 4.39 Å². The normalized spacial score (nSPS) is 19.2. The van der Waals surface area contributed by atoms with Crippen molar-refractivity contribution < 1.29 is 9.13 Å². The monoisotopic (exact) mass is 358 g/mol. The van der Waals surface area contributed by atoms with Gasteiger partial charge in [0.1, 0.15) is 11.4 Å². The van der Waals surface area contributed by atoms with Crippen molar-refractivity contribution in [1.29, 1.82) is 5.41 Å². The third-order valence-corrected chi connectivity index (χ3v) is 5.10. The summed E-state index contributed by atoms with van der Waals surface area (Å²) >= 11 is 0. The predicted molar refractivity (Wildman–Crippen MR) is 103 cm³/mol. The molecule has 0 saturated carbocycles. The fourth-order valence-electron chi connectivity index (χ4n) is 3.51. The summed E-state index contributed by atoms with van der Waals surface area (Å²) in [7, 11) is 6.55. The van der Waals surface area contributed by atoms with E-state index in [0.717, 1.165) is 41.6 Å². The molecule has 1 heterocycles. The summed E-state index contributed by atoms with van der Waals surface area (Å²) in [6.07, 6.45) is 1.81. The van der Waals surface area contributed by atoms with E-state index in [1.165, 1.54) is 12.1 Å². The Morgan fingerprint density at radius 2 is 1.96 bits per heavy atom. The van der Waals surface area contributed by atoms with Gasteiger partial charge in [-0.3, -0.25) is 0 Å².